The van der Waals surface area contributed by atoms with Crippen LogP contribution in [0.2, 0.25) is 10.0 Å². The van der Waals surface area contributed by atoms with E-state index in [0.29, 0.717) is 27.0 Å². The number of benzene rings is 2. The molecule has 2 aromatic carbocycles. The van der Waals surface area contributed by atoms with Crippen LogP contribution in [0.25, 0.3) is 0 Å². The van der Waals surface area contributed by atoms with E-state index in [2.05, 4.69) is 27.9 Å². The van der Waals surface area contributed by atoms with Gasteiger partial charge in [0.15, 0.2) is 0 Å². The molecule has 0 atom stereocenters. The maximum Gasteiger partial charge on any atom is 0.259 e. The van der Waals surface area contributed by atoms with Crippen molar-refractivity contribution in [1.29, 1.82) is 0 Å². The Bertz CT molecular complexity index is 662. The largest absolute Gasteiger partial charge is 0.496 e. The third-order valence-electron chi connectivity index (χ3n) is 2.59. The maximum absolute atomic E-state index is 12.3. The van der Waals surface area contributed by atoms with E-state index in [4.69, 9.17) is 27.9 Å². The van der Waals surface area contributed by atoms with Gasteiger partial charge in [0.1, 0.15) is 5.75 Å². The first kappa shape index (κ1) is 15.4. The predicted molar refractivity (Wildman–Crippen MR) is 90.1 cm³/mol. The summed E-state index contributed by atoms with van der Waals surface area (Å²) in [5.74, 6) is 0.181. The second kappa shape index (κ2) is 6.65. The van der Waals surface area contributed by atoms with Gasteiger partial charge in [0.2, 0.25) is 0 Å². The second-order valence-electron chi connectivity index (χ2n) is 3.92. The summed E-state index contributed by atoms with van der Waals surface area (Å²) in [6.45, 7) is 0. The van der Waals surface area contributed by atoms with Gasteiger partial charge in [0, 0.05) is 13.6 Å². The zero-order valence-corrected chi connectivity index (χ0v) is 14.1. The molecule has 0 aliphatic heterocycles. The van der Waals surface area contributed by atoms with E-state index in [-0.39, 0.29) is 5.91 Å². The molecule has 0 radical (unpaired) electrons. The highest BCUT2D eigenvalue weighted by molar-refractivity contribution is 14.1. The Hall–Kier alpha value is -0.980. The van der Waals surface area contributed by atoms with Crippen LogP contribution in [0.15, 0.2) is 36.4 Å². The molecule has 1 amide bonds. The molecule has 0 unspecified atom stereocenters. The van der Waals surface area contributed by atoms with E-state index < -0.39 is 0 Å². The molecule has 0 saturated heterocycles. The number of amides is 1. The van der Waals surface area contributed by atoms with Crippen LogP contribution in [0.4, 0.5) is 5.69 Å². The number of anilines is 1. The number of carbonyl (C=O) groups is 1. The van der Waals surface area contributed by atoms with Gasteiger partial charge in [-0.2, -0.15) is 0 Å². The van der Waals surface area contributed by atoms with E-state index in [1.54, 1.807) is 36.4 Å². The molecule has 20 heavy (non-hydrogen) atoms. The predicted octanol–water partition coefficient (Wildman–Crippen LogP) is 4.86. The molecule has 6 heteroatoms. The normalized spacial score (nSPS) is 10.2. The van der Waals surface area contributed by atoms with E-state index in [1.165, 1.54) is 7.11 Å². The Labute approximate surface area is 140 Å². The van der Waals surface area contributed by atoms with Crippen LogP contribution in [0, 0.1) is 3.57 Å². The van der Waals surface area contributed by atoms with Gasteiger partial charge in [-0.3, -0.25) is 4.79 Å². The van der Waals surface area contributed by atoms with E-state index in [0.717, 1.165) is 3.57 Å². The first-order chi connectivity index (χ1) is 9.51. The zero-order valence-electron chi connectivity index (χ0n) is 10.4. The summed E-state index contributed by atoms with van der Waals surface area (Å²) in [6, 6.07) is 10.1. The number of rotatable bonds is 3. The fourth-order valence-electron chi connectivity index (χ4n) is 1.64. The average Bonchev–Trinajstić information content (AvgIpc) is 2.41. The fraction of sp³-hybridized carbons (Fsp3) is 0.0714. The van der Waals surface area contributed by atoms with Gasteiger partial charge in [-0.05, 0) is 59.0 Å². The Balaban J connectivity index is 2.30. The average molecular weight is 422 g/mol. The van der Waals surface area contributed by atoms with Crippen molar-refractivity contribution in [3.63, 3.8) is 0 Å². The molecule has 0 fully saturated rings. The van der Waals surface area contributed by atoms with Gasteiger partial charge in [-0.15, -0.1) is 0 Å². The van der Waals surface area contributed by atoms with Crippen LogP contribution in [-0.2, 0) is 0 Å². The van der Waals surface area contributed by atoms with Crippen LogP contribution < -0.4 is 10.1 Å². The van der Waals surface area contributed by atoms with Crippen LogP contribution in [0.3, 0.4) is 0 Å². The molecule has 3 nitrogen and oxygen atoms in total. The minimum Gasteiger partial charge on any atom is -0.496 e. The lowest BCUT2D eigenvalue weighted by Gasteiger charge is -2.11. The van der Waals surface area contributed by atoms with Crippen LogP contribution >= 0.6 is 45.8 Å². The van der Waals surface area contributed by atoms with Gasteiger partial charge >= 0.3 is 0 Å². The van der Waals surface area contributed by atoms with Crippen molar-refractivity contribution in [3.8, 4) is 5.75 Å². The molecular formula is C14H10Cl2INO2. The van der Waals surface area contributed by atoms with Crippen molar-refractivity contribution in [3.05, 3.63) is 55.6 Å². The van der Waals surface area contributed by atoms with Gasteiger partial charge < -0.3 is 10.1 Å². The highest BCUT2D eigenvalue weighted by Gasteiger charge is 2.14. The molecule has 0 saturated carbocycles. The quantitative estimate of drug-likeness (QED) is 0.718. The molecule has 104 valence electrons. The van der Waals surface area contributed by atoms with Crippen LogP contribution in [0.5, 0.6) is 5.75 Å². The first-order valence-electron chi connectivity index (χ1n) is 5.61. The highest BCUT2D eigenvalue weighted by Crippen LogP contribution is 2.26. The maximum atomic E-state index is 12.3. The lowest BCUT2D eigenvalue weighted by Crippen LogP contribution is -2.14. The number of nitrogens with one attached hydrogen (secondary N) is 1. The summed E-state index contributed by atoms with van der Waals surface area (Å²) < 4.78 is 6.02. The Morgan fingerprint density at radius 3 is 2.45 bits per heavy atom. The van der Waals surface area contributed by atoms with E-state index >= 15 is 0 Å². The van der Waals surface area contributed by atoms with E-state index in [9.17, 15) is 4.79 Å². The summed E-state index contributed by atoms with van der Waals surface area (Å²) >= 11 is 13.9. The molecule has 2 aromatic rings. The molecule has 0 heterocycles. The molecule has 0 spiro atoms. The highest BCUT2D eigenvalue weighted by atomic mass is 127. The molecule has 2 rings (SSSR count). The molecule has 0 aliphatic carbocycles. The lowest BCUT2D eigenvalue weighted by molar-refractivity contribution is 0.102. The van der Waals surface area contributed by atoms with Crippen LogP contribution in [0.1, 0.15) is 10.4 Å². The van der Waals surface area contributed by atoms with Crippen molar-refractivity contribution in [2.75, 3.05) is 12.4 Å². The summed E-state index contributed by atoms with van der Waals surface area (Å²) in [4.78, 5) is 12.3. The molecular weight excluding hydrogens is 412 g/mol. The molecule has 0 bridgehead atoms. The number of hydrogen-bond donors (Lipinski definition) is 1. The zero-order chi connectivity index (χ0) is 14.7. The van der Waals surface area contributed by atoms with E-state index in [1.807, 2.05) is 0 Å². The number of methoxy groups -OCH3 is 1. The summed E-state index contributed by atoms with van der Waals surface area (Å²) in [7, 11) is 1.51. The third-order valence-corrected chi connectivity index (χ3v) is 3.95. The molecule has 0 aromatic heterocycles. The number of hydrogen-bond acceptors (Lipinski definition) is 2. The minimum absolute atomic E-state index is 0.287. The lowest BCUT2D eigenvalue weighted by atomic mass is 10.2. The van der Waals surface area contributed by atoms with Crippen molar-refractivity contribution < 1.29 is 9.53 Å². The van der Waals surface area contributed by atoms with Crippen molar-refractivity contribution in [2.24, 2.45) is 0 Å². The molecule has 1 N–H and O–H groups in total. The fourth-order valence-corrected chi connectivity index (χ4v) is 2.82. The number of carbonyl (C=O) groups excluding carboxylic acids is 1. The van der Waals surface area contributed by atoms with Gasteiger partial charge in [-0.25, -0.2) is 0 Å². The van der Waals surface area contributed by atoms with Crippen molar-refractivity contribution in [1.82, 2.24) is 0 Å². The number of halogens is 3. The summed E-state index contributed by atoms with van der Waals surface area (Å²) in [5, 5.41) is 3.90. The second-order valence-corrected chi connectivity index (χ2v) is 5.96. The smallest absolute Gasteiger partial charge is 0.259 e. The Kier molecular flexibility index (Phi) is 5.12. The Morgan fingerprint density at radius 2 is 1.80 bits per heavy atom. The summed E-state index contributed by atoms with van der Waals surface area (Å²) in [5.41, 5.74) is 1.06. The van der Waals surface area contributed by atoms with Crippen molar-refractivity contribution >= 4 is 57.4 Å². The van der Waals surface area contributed by atoms with Gasteiger partial charge in [0.25, 0.3) is 5.91 Å². The Morgan fingerprint density at radius 1 is 1.15 bits per heavy atom. The summed E-state index contributed by atoms with van der Waals surface area (Å²) in [6.07, 6.45) is 0. The molecule has 0 aliphatic rings. The first-order valence-corrected chi connectivity index (χ1v) is 7.44. The topological polar surface area (TPSA) is 38.3 Å². The minimum atomic E-state index is -0.287. The SMILES string of the molecule is COc1ccc(Cl)cc1C(=O)Nc1ccc(Cl)cc1I. The third kappa shape index (κ3) is 3.56. The monoisotopic (exact) mass is 421 g/mol. The number of ether oxygens (including phenoxy) is 1. The van der Waals surface area contributed by atoms with Gasteiger partial charge in [-0.1, -0.05) is 23.2 Å². The standard InChI is InChI=1S/C14H10Cl2INO2/c1-20-13-5-3-8(15)6-10(13)14(19)18-12-4-2-9(16)7-11(12)17/h2-7H,1H3,(H,18,19). The van der Waals surface area contributed by atoms with Gasteiger partial charge in [0.05, 0.1) is 18.4 Å². The van der Waals surface area contributed by atoms with Crippen molar-refractivity contribution in [2.45, 2.75) is 0 Å². The van der Waals surface area contributed by atoms with Crippen LogP contribution in [-0.4, -0.2) is 13.0 Å².